The van der Waals surface area contributed by atoms with Crippen molar-refractivity contribution in [3.05, 3.63) is 56.8 Å². The van der Waals surface area contributed by atoms with Gasteiger partial charge >= 0.3 is 11.9 Å². The van der Waals surface area contributed by atoms with Crippen LogP contribution in [0.2, 0.25) is 0 Å². The van der Waals surface area contributed by atoms with Crippen LogP contribution in [0.4, 0.5) is 13.2 Å². The van der Waals surface area contributed by atoms with Crippen LogP contribution in [-0.2, 0) is 6.18 Å². The third-order valence-corrected chi connectivity index (χ3v) is 3.87. The van der Waals surface area contributed by atoms with Gasteiger partial charge in [-0.25, -0.2) is 19.3 Å². The first kappa shape index (κ1) is 15.2. The number of nitrogens with zero attached hydrogens (tertiary/aromatic N) is 4. The van der Waals surface area contributed by atoms with Crippen LogP contribution in [0.5, 0.6) is 0 Å². The summed E-state index contributed by atoms with van der Waals surface area (Å²) >= 11 is 0. The summed E-state index contributed by atoms with van der Waals surface area (Å²) in [4.78, 5) is 30.0. The zero-order valence-electron chi connectivity index (χ0n) is 12.5. The molecule has 0 bridgehead atoms. The number of aromatic nitrogens is 6. The SMILES string of the molecule is Cc1cncn1-c1cc2c(cc1C(F)(F)F)[nH]c(=O)c1n[nH]c(=O)n12. The van der Waals surface area contributed by atoms with Crippen LogP contribution in [0.3, 0.4) is 0 Å². The van der Waals surface area contributed by atoms with E-state index in [1.54, 1.807) is 6.92 Å². The van der Waals surface area contributed by atoms with Crippen molar-refractivity contribution in [2.45, 2.75) is 13.1 Å². The lowest BCUT2D eigenvalue weighted by Crippen LogP contribution is -2.19. The summed E-state index contributed by atoms with van der Waals surface area (Å²) in [7, 11) is 0. The largest absolute Gasteiger partial charge is 0.418 e. The van der Waals surface area contributed by atoms with Crippen molar-refractivity contribution in [2.75, 3.05) is 0 Å². The van der Waals surface area contributed by atoms with Crippen molar-refractivity contribution in [3.63, 3.8) is 0 Å². The Hall–Kier alpha value is -3.37. The molecular formula is C14H9F3N6O2. The molecule has 0 amide bonds. The number of aryl methyl sites for hydroxylation is 1. The quantitative estimate of drug-likeness (QED) is 0.541. The number of H-pyrrole nitrogens is 2. The zero-order chi connectivity index (χ0) is 17.9. The van der Waals surface area contributed by atoms with Crippen LogP contribution in [-0.4, -0.2) is 29.1 Å². The van der Waals surface area contributed by atoms with Crippen LogP contribution < -0.4 is 11.2 Å². The maximum atomic E-state index is 13.5. The Balaban J connectivity index is 2.23. The Morgan fingerprint density at radius 3 is 2.60 bits per heavy atom. The second-order valence-corrected chi connectivity index (χ2v) is 5.43. The van der Waals surface area contributed by atoms with E-state index in [4.69, 9.17) is 0 Å². The minimum absolute atomic E-state index is 0.0875. The highest BCUT2D eigenvalue weighted by molar-refractivity contribution is 5.81. The van der Waals surface area contributed by atoms with E-state index in [9.17, 15) is 22.8 Å². The Labute approximate surface area is 135 Å². The first-order valence-corrected chi connectivity index (χ1v) is 7.01. The Kier molecular flexibility index (Phi) is 2.92. The lowest BCUT2D eigenvalue weighted by Gasteiger charge is -2.16. The molecule has 0 aliphatic heterocycles. The molecule has 1 aromatic carbocycles. The van der Waals surface area contributed by atoms with Gasteiger partial charge < -0.3 is 9.55 Å². The minimum Gasteiger partial charge on any atom is -0.317 e. The summed E-state index contributed by atoms with van der Waals surface area (Å²) < 4.78 is 42.8. The molecule has 0 saturated heterocycles. The van der Waals surface area contributed by atoms with E-state index in [-0.39, 0.29) is 22.4 Å². The van der Waals surface area contributed by atoms with Gasteiger partial charge in [0.25, 0.3) is 5.56 Å². The highest BCUT2D eigenvalue weighted by Gasteiger charge is 2.35. The molecule has 128 valence electrons. The number of fused-ring (bicyclic) bond motifs is 3. The normalized spacial score (nSPS) is 12.3. The predicted octanol–water partition coefficient (Wildman–Crippen LogP) is 1.38. The second kappa shape index (κ2) is 4.82. The predicted molar refractivity (Wildman–Crippen MR) is 80.8 cm³/mol. The van der Waals surface area contributed by atoms with Gasteiger partial charge in [0.05, 0.1) is 28.6 Å². The molecule has 3 aromatic heterocycles. The van der Waals surface area contributed by atoms with E-state index in [1.165, 1.54) is 23.2 Å². The number of aromatic amines is 2. The summed E-state index contributed by atoms with van der Waals surface area (Å²) in [5, 5.41) is 5.71. The minimum atomic E-state index is -4.67. The summed E-state index contributed by atoms with van der Waals surface area (Å²) in [6.45, 7) is 1.60. The number of imidazole rings is 1. The van der Waals surface area contributed by atoms with Crippen LogP contribution in [0.25, 0.3) is 22.4 Å². The molecule has 25 heavy (non-hydrogen) atoms. The van der Waals surface area contributed by atoms with Gasteiger partial charge in [-0.05, 0) is 19.1 Å². The van der Waals surface area contributed by atoms with Gasteiger partial charge in [-0.1, -0.05) is 0 Å². The first-order valence-electron chi connectivity index (χ1n) is 7.01. The third-order valence-electron chi connectivity index (χ3n) is 3.87. The van der Waals surface area contributed by atoms with Crippen molar-refractivity contribution in [3.8, 4) is 5.69 Å². The van der Waals surface area contributed by atoms with Crippen molar-refractivity contribution in [2.24, 2.45) is 0 Å². The number of alkyl halides is 3. The maximum Gasteiger partial charge on any atom is 0.418 e. The molecule has 0 unspecified atom stereocenters. The smallest absolute Gasteiger partial charge is 0.317 e. The number of benzene rings is 1. The van der Waals surface area contributed by atoms with E-state index in [0.717, 1.165) is 10.5 Å². The number of hydrogen-bond donors (Lipinski definition) is 2. The van der Waals surface area contributed by atoms with Gasteiger partial charge in [0.1, 0.15) is 0 Å². The topological polar surface area (TPSA) is 101 Å². The van der Waals surface area contributed by atoms with Gasteiger partial charge in [0, 0.05) is 11.9 Å². The van der Waals surface area contributed by atoms with Crippen LogP contribution in [0, 0.1) is 6.92 Å². The molecule has 0 atom stereocenters. The summed E-state index contributed by atoms with van der Waals surface area (Å²) in [6, 6.07) is 1.97. The molecule has 0 aliphatic rings. The van der Waals surface area contributed by atoms with Crippen molar-refractivity contribution in [1.82, 2.24) is 29.1 Å². The average Bonchev–Trinajstić information content (AvgIpc) is 3.12. The van der Waals surface area contributed by atoms with E-state index < -0.39 is 23.0 Å². The van der Waals surface area contributed by atoms with Crippen LogP contribution in [0.15, 0.2) is 34.2 Å². The molecule has 3 heterocycles. The summed E-state index contributed by atoms with van der Waals surface area (Å²) in [5.74, 6) is 0. The fourth-order valence-electron chi connectivity index (χ4n) is 2.75. The first-order chi connectivity index (χ1) is 11.8. The number of halogens is 3. The molecular weight excluding hydrogens is 341 g/mol. The Morgan fingerprint density at radius 1 is 1.20 bits per heavy atom. The number of rotatable bonds is 1. The summed E-state index contributed by atoms with van der Waals surface area (Å²) in [6.07, 6.45) is -2.02. The zero-order valence-corrected chi connectivity index (χ0v) is 12.5. The van der Waals surface area contributed by atoms with E-state index >= 15 is 0 Å². The second-order valence-electron chi connectivity index (χ2n) is 5.43. The van der Waals surface area contributed by atoms with Crippen LogP contribution in [0.1, 0.15) is 11.3 Å². The van der Waals surface area contributed by atoms with E-state index in [2.05, 4.69) is 20.2 Å². The highest BCUT2D eigenvalue weighted by atomic mass is 19.4. The molecule has 0 aliphatic carbocycles. The molecule has 0 spiro atoms. The van der Waals surface area contributed by atoms with E-state index in [0.29, 0.717) is 5.69 Å². The fourth-order valence-corrected chi connectivity index (χ4v) is 2.75. The molecule has 0 fully saturated rings. The lowest BCUT2D eigenvalue weighted by atomic mass is 10.1. The molecule has 2 N–H and O–H groups in total. The number of hydrogen-bond acceptors (Lipinski definition) is 4. The van der Waals surface area contributed by atoms with Crippen LogP contribution >= 0.6 is 0 Å². The maximum absolute atomic E-state index is 13.5. The highest BCUT2D eigenvalue weighted by Crippen LogP contribution is 2.36. The fraction of sp³-hybridized carbons (Fsp3) is 0.143. The van der Waals surface area contributed by atoms with Gasteiger partial charge in [0.15, 0.2) is 0 Å². The van der Waals surface area contributed by atoms with Gasteiger partial charge in [-0.15, -0.1) is 5.10 Å². The Morgan fingerprint density at radius 2 is 1.96 bits per heavy atom. The third kappa shape index (κ3) is 2.16. The molecule has 0 radical (unpaired) electrons. The van der Waals surface area contributed by atoms with E-state index in [1.807, 2.05) is 0 Å². The van der Waals surface area contributed by atoms with Crippen molar-refractivity contribution >= 4 is 16.7 Å². The summed E-state index contributed by atoms with van der Waals surface area (Å²) in [5.41, 5.74) is -2.47. The molecule has 0 saturated carbocycles. The molecule has 8 nitrogen and oxygen atoms in total. The molecule has 4 rings (SSSR count). The monoisotopic (exact) mass is 350 g/mol. The molecule has 11 heteroatoms. The molecule has 4 aromatic rings. The van der Waals surface area contributed by atoms with Gasteiger partial charge in [0.2, 0.25) is 5.65 Å². The lowest BCUT2D eigenvalue weighted by molar-refractivity contribution is -0.137. The van der Waals surface area contributed by atoms with Crippen molar-refractivity contribution in [1.29, 1.82) is 0 Å². The van der Waals surface area contributed by atoms with Gasteiger partial charge in [-0.2, -0.15) is 13.2 Å². The average molecular weight is 350 g/mol. The standard InChI is InChI=1S/C14H9F3N6O2/c1-6-4-18-5-22(6)9-3-10-8(2-7(9)14(15,16)17)19-12(24)11-20-21-13(25)23(10)11/h2-5H,1H3,(H,19,24)(H,21,25). The number of nitrogens with one attached hydrogen (secondary N) is 2. The van der Waals surface area contributed by atoms with Gasteiger partial charge in [-0.3, -0.25) is 4.79 Å². The van der Waals surface area contributed by atoms with Crippen molar-refractivity contribution < 1.29 is 13.2 Å². The Bertz CT molecular complexity index is 1240.